The van der Waals surface area contributed by atoms with Gasteiger partial charge in [-0.2, -0.15) is 8.42 Å². The predicted octanol–water partition coefficient (Wildman–Crippen LogP) is 2.23. The van der Waals surface area contributed by atoms with Gasteiger partial charge in [-0.05, 0) is 79.9 Å². The van der Waals surface area contributed by atoms with Crippen LogP contribution in [-0.2, 0) is 24.4 Å². The molecule has 7 nitrogen and oxygen atoms in total. The van der Waals surface area contributed by atoms with Gasteiger partial charge in [0.05, 0.1) is 7.14 Å². The fourth-order valence-corrected chi connectivity index (χ4v) is 5.30. The second-order valence-electron chi connectivity index (χ2n) is 3.86. The lowest BCUT2D eigenvalue weighted by Gasteiger charge is -2.09. The molecule has 1 rings (SSSR count). The van der Waals surface area contributed by atoms with Gasteiger partial charge in [-0.3, -0.25) is 14.1 Å². The van der Waals surface area contributed by atoms with Crippen molar-refractivity contribution in [1.29, 1.82) is 0 Å². The Labute approximate surface area is 167 Å². The molecule has 1 aromatic rings. The van der Waals surface area contributed by atoms with Crippen LogP contribution in [-0.4, -0.2) is 37.3 Å². The smallest absolute Gasteiger partial charge is 0.322 e. The van der Waals surface area contributed by atoms with Crippen molar-refractivity contribution >= 4 is 89.8 Å². The lowest BCUT2D eigenvalue weighted by Crippen LogP contribution is -2.20. The molecule has 1 aromatic carbocycles. The number of carbonyl (C=O) groups excluding carboxylic acids is 2. The van der Waals surface area contributed by atoms with Crippen LogP contribution in [0.15, 0.2) is 12.1 Å². The molecule has 0 unspecified atom stereocenters. The van der Waals surface area contributed by atoms with Crippen LogP contribution in [0.5, 0.6) is 5.75 Å². The summed E-state index contributed by atoms with van der Waals surface area (Å²) in [5, 5.41) is 0. The Bertz CT molecular complexity index is 664. The minimum Gasteiger partial charge on any atom is -0.464 e. The number of esters is 2. The largest absolute Gasteiger partial charge is 0.464 e. The lowest BCUT2D eigenvalue weighted by molar-refractivity contribution is -0.149. The minimum absolute atomic E-state index is 0.359. The highest BCUT2D eigenvalue weighted by Crippen LogP contribution is 2.29. The Hall–Kier alpha value is 0.260. The second-order valence-corrected chi connectivity index (χ2v) is 9.00. The molecule has 0 aliphatic heterocycles. The van der Waals surface area contributed by atoms with Gasteiger partial charge in [0.1, 0.15) is 18.8 Å². The Morgan fingerprint density at radius 1 is 1.09 bits per heavy atom. The van der Waals surface area contributed by atoms with E-state index in [4.69, 9.17) is 9.29 Å². The first-order valence-electron chi connectivity index (χ1n) is 5.54. The van der Waals surface area contributed by atoms with Crippen LogP contribution in [0, 0.1) is 10.7 Å². The van der Waals surface area contributed by atoms with Crippen molar-refractivity contribution in [1.82, 2.24) is 0 Å². The molecule has 0 spiro atoms. The maximum absolute atomic E-state index is 11.7. The predicted molar refractivity (Wildman–Crippen MR) is 102 cm³/mol. The zero-order valence-electron chi connectivity index (χ0n) is 10.7. The van der Waals surface area contributed by atoms with Crippen molar-refractivity contribution in [3.8, 4) is 5.75 Å². The first-order valence-corrected chi connectivity index (χ1v) is 10.4. The average molecular weight is 666 g/mol. The molecule has 1 N–H and O–H groups in total. The molecule has 0 bridgehead atoms. The number of ether oxygens (including phenoxy) is 2. The molecule has 0 saturated heterocycles. The quantitative estimate of drug-likeness (QED) is 0.163. The standard InChI is InChI=1S/C11H9I3O7S/c12-6-3-7(13)11(8(14)4-6)21-10(16)5-9(15)20-1-2-22(17,18)19/h3-4H,1-2,5H2,(H,17,18,19). The Morgan fingerprint density at radius 2 is 1.64 bits per heavy atom. The number of rotatable bonds is 6. The third-order valence-corrected chi connectivity index (χ3v) is 4.98. The van der Waals surface area contributed by atoms with E-state index in [0.29, 0.717) is 5.75 Å². The van der Waals surface area contributed by atoms with Crippen LogP contribution in [0.4, 0.5) is 0 Å². The summed E-state index contributed by atoms with van der Waals surface area (Å²) in [5.41, 5.74) is 0. The Kier molecular flexibility index (Phi) is 8.24. The monoisotopic (exact) mass is 666 g/mol. The van der Waals surface area contributed by atoms with Gasteiger partial charge in [-0.25, -0.2) is 0 Å². The molecule has 22 heavy (non-hydrogen) atoms. The summed E-state index contributed by atoms with van der Waals surface area (Å²) >= 11 is 6.15. The van der Waals surface area contributed by atoms with E-state index >= 15 is 0 Å². The molecule has 0 atom stereocenters. The molecular formula is C11H9I3O7S. The summed E-state index contributed by atoms with van der Waals surface area (Å²) in [7, 11) is -4.21. The fraction of sp³-hybridized carbons (Fsp3) is 0.273. The maximum atomic E-state index is 11.7. The first-order chi connectivity index (χ1) is 10.1. The normalized spacial score (nSPS) is 11.1. The summed E-state index contributed by atoms with van der Waals surface area (Å²) in [6, 6.07) is 3.63. The van der Waals surface area contributed by atoms with E-state index in [1.807, 2.05) is 57.3 Å². The first kappa shape index (κ1) is 20.3. The summed E-state index contributed by atoms with van der Waals surface area (Å²) in [6.07, 6.45) is -0.649. The average Bonchev–Trinajstić information content (AvgIpc) is 2.31. The lowest BCUT2D eigenvalue weighted by atomic mass is 10.3. The highest BCUT2D eigenvalue weighted by atomic mass is 127. The summed E-state index contributed by atoms with van der Waals surface area (Å²) in [6.45, 7) is -0.524. The van der Waals surface area contributed by atoms with Crippen molar-refractivity contribution in [2.75, 3.05) is 12.4 Å². The van der Waals surface area contributed by atoms with Crippen molar-refractivity contribution in [2.24, 2.45) is 0 Å². The Morgan fingerprint density at radius 3 is 2.14 bits per heavy atom. The Balaban J connectivity index is 2.55. The second kappa shape index (κ2) is 8.93. The molecule has 0 aromatic heterocycles. The molecule has 0 aliphatic carbocycles. The maximum Gasteiger partial charge on any atom is 0.322 e. The molecule has 11 heteroatoms. The van der Waals surface area contributed by atoms with E-state index in [0.717, 1.165) is 10.7 Å². The number of hydrogen-bond acceptors (Lipinski definition) is 6. The number of halogens is 3. The molecule has 0 fully saturated rings. The number of hydrogen-bond donors (Lipinski definition) is 1. The van der Waals surface area contributed by atoms with Crippen molar-refractivity contribution in [3.63, 3.8) is 0 Å². The van der Waals surface area contributed by atoms with Crippen LogP contribution in [0.3, 0.4) is 0 Å². The van der Waals surface area contributed by atoms with Crippen molar-refractivity contribution in [3.05, 3.63) is 22.8 Å². The van der Waals surface area contributed by atoms with Gasteiger partial charge < -0.3 is 9.47 Å². The van der Waals surface area contributed by atoms with Crippen LogP contribution in [0.25, 0.3) is 0 Å². The van der Waals surface area contributed by atoms with Gasteiger partial charge in [0.25, 0.3) is 10.1 Å². The fourth-order valence-electron chi connectivity index (χ4n) is 1.21. The number of carbonyl (C=O) groups is 2. The zero-order chi connectivity index (χ0) is 16.9. The summed E-state index contributed by atoms with van der Waals surface area (Å²) in [5.74, 6) is -2.10. The van der Waals surface area contributed by atoms with E-state index in [-0.39, 0.29) is 0 Å². The van der Waals surface area contributed by atoms with E-state index in [9.17, 15) is 18.0 Å². The molecule has 0 radical (unpaired) electrons. The highest BCUT2D eigenvalue weighted by Gasteiger charge is 2.17. The van der Waals surface area contributed by atoms with E-state index in [1.54, 1.807) is 0 Å². The molecule has 122 valence electrons. The van der Waals surface area contributed by atoms with Crippen LogP contribution < -0.4 is 4.74 Å². The third-order valence-electron chi connectivity index (χ3n) is 2.07. The van der Waals surface area contributed by atoms with Crippen LogP contribution in [0.1, 0.15) is 6.42 Å². The van der Waals surface area contributed by atoms with Gasteiger partial charge in [-0.15, -0.1) is 0 Å². The van der Waals surface area contributed by atoms with Gasteiger partial charge in [0.15, 0.2) is 5.75 Å². The molecular weight excluding hydrogens is 657 g/mol. The minimum atomic E-state index is -4.21. The van der Waals surface area contributed by atoms with Crippen molar-refractivity contribution in [2.45, 2.75) is 6.42 Å². The third kappa shape index (κ3) is 7.69. The van der Waals surface area contributed by atoms with Crippen LogP contribution >= 0.6 is 67.8 Å². The molecule has 0 heterocycles. The molecule has 0 saturated carbocycles. The molecule has 0 aliphatic rings. The molecule has 0 amide bonds. The zero-order valence-corrected chi connectivity index (χ0v) is 18.0. The van der Waals surface area contributed by atoms with E-state index in [1.165, 1.54) is 0 Å². The van der Waals surface area contributed by atoms with Crippen molar-refractivity contribution < 1.29 is 32.0 Å². The van der Waals surface area contributed by atoms with Gasteiger partial charge in [0.2, 0.25) is 0 Å². The topological polar surface area (TPSA) is 107 Å². The van der Waals surface area contributed by atoms with Gasteiger partial charge in [-0.1, -0.05) is 0 Å². The van der Waals surface area contributed by atoms with Gasteiger partial charge in [0, 0.05) is 3.57 Å². The van der Waals surface area contributed by atoms with Crippen LogP contribution in [0.2, 0.25) is 0 Å². The number of benzene rings is 1. The summed E-state index contributed by atoms with van der Waals surface area (Å²) in [4.78, 5) is 23.0. The van der Waals surface area contributed by atoms with E-state index < -0.39 is 40.8 Å². The SMILES string of the molecule is O=C(CC(=O)Oc1c(I)cc(I)cc1I)OCCS(=O)(=O)O. The summed E-state index contributed by atoms with van der Waals surface area (Å²) < 4.78 is 41.5. The highest BCUT2D eigenvalue weighted by molar-refractivity contribution is 14.1. The van der Waals surface area contributed by atoms with E-state index in [2.05, 4.69) is 27.3 Å². The van der Waals surface area contributed by atoms with Gasteiger partial charge >= 0.3 is 11.9 Å².